The number of thioether (sulfide) groups is 1. The molecule has 0 amide bonds. The molecule has 0 bridgehead atoms. The molecule has 0 aliphatic carbocycles. The molecule has 0 unspecified atom stereocenters. The summed E-state index contributed by atoms with van der Waals surface area (Å²) >= 11 is 1.82. The highest BCUT2D eigenvalue weighted by molar-refractivity contribution is 8.08. The predicted octanol–water partition coefficient (Wildman–Crippen LogP) is 6.95. The molecule has 2 heteroatoms. The van der Waals surface area contributed by atoms with Crippen molar-refractivity contribution in [3.05, 3.63) is 106 Å². The van der Waals surface area contributed by atoms with Crippen LogP contribution < -0.4 is 0 Å². The van der Waals surface area contributed by atoms with Crippen molar-refractivity contribution in [3.8, 4) is 0 Å². The van der Waals surface area contributed by atoms with Crippen molar-refractivity contribution < 1.29 is 4.74 Å². The maximum Gasteiger partial charge on any atom is 0.122 e. The summed E-state index contributed by atoms with van der Waals surface area (Å²) in [7, 11) is 0. The van der Waals surface area contributed by atoms with Gasteiger partial charge in [0.15, 0.2) is 0 Å². The van der Waals surface area contributed by atoms with E-state index in [1.165, 1.54) is 37.6 Å². The summed E-state index contributed by atoms with van der Waals surface area (Å²) in [6, 6.07) is 26.2. The lowest BCUT2D eigenvalue weighted by Crippen LogP contribution is -2.14. The molecule has 1 heterocycles. The van der Waals surface area contributed by atoms with Crippen molar-refractivity contribution in [2.45, 2.75) is 31.6 Å². The minimum Gasteiger partial charge on any atom is -0.496 e. The van der Waals surface area contributed by atoms with Crippen LogP contribution in [0.15, 0.2) is 83.5 Å². The van der Waals surface area contributed by atoms with E-state index < -0.39 is 0 Å². The van der Waals surface area contributed by atoms with E-state index in [9.17, 15) is 0 Å². The van der Waals surface area contributed by atoms with Crippen LogP contribution in [0.25, 0.3) is 4.91 Å². The summed E-state index contributed by atoms with van der Waals surface area (Å²) in [6.07, 6.45) is 0. The quantitative estimate of drug-likeness (QED) is 0.490. The second-order valence-electron chi connectivity index (χ2n) is 6.98. The predicted molar refractivity (Wildman–Crippen MR) is 115 cm³/mol. The first kappa shape index (κ1) is 17.9. The number of fused-ring (bicyclic) bond motifs is 1. The summed E-state index contributed by atoms with van der Waals surface area (Å²) in [5.74, 6) is 1.19. The number of rotatable bonds is 4. The summed E-state index contributed by atoms with van der Waals surface area (Å²) in [6.45, 7) is 7.02. The Hall–Kier alpha value is -2.45. The number of benzene rings is 3. The van der Waals surface area contributed by atoms with Gasteiger partial charge in [0.2, 0.25) is 0 Å². The standard InChI is InChI=1S/C25H24OS/c1-4-26-24-23(19-13-10-17(2)11-14-19)21-16-18(3)12-15-22(21)27-25(24)20-8-6-5-7-9-20/h5-16,23H,4H2,1-3H3/t23-/m1/s1. The Balaban J connectivity index is 1.96. The molecule has 1 aliphatic heterocycles. The molecule has 136 valence electrons. The number of aryl methyl sites for hydroxylation is 2. The van der Waals surface area contributed by atoms with Crippen molar-refractivity contribution in [1.29, 1.82) is 0 Å². The first-order valence-corrected chi connectivity index (χ1v) is 10.3. The van der Waals surface area contributed by atoms with Crippen LogP contribution >= 0.6 is 11.8 Å². The Kier molecular flexibility index (Phi) is 5.09. The van der Waals surface area contributed by atoms with E-state index in [0.717, 1.165) is 5.76 Å². The summed E-state index contributed by atoms with van der Waals surface area (Å²) in [5, 5.41) is 0. The SMILES string of the molecule is CCOC1=C(c2ccccc2)Sc2ccc(C)cc2[C@H]1c1ccc(C)cc1. The molecular weight excluding hydrogens is 348 g/mol. The van der Waals surface area contributed by atoms with Crippen molar-refractivity contribution in [1.82, 2.24) is 0 Å². The lowest BCUT2D eigenvalue weighted by molar-refractivity contribution is 0.217. The smallest absolute Gasteiger partial charge is 0.122 e. The van der Waals surface area contributed by atoms with Gasteiger partial charge in [-0.25, -0.2) is 0 Å². The average molecular weight is 373 g/mol. The first-order chi connectivity index (χ1) is 13.2. The van der Waals surface area contributed by atoms with Gasteiger partial charge in [-0.1, -0.05) is 89.6 Å². The largest absolute Gasteiger partial charge is 0.496 e. The van der Waals surface area contributed by atoms with E-state index in [1.54, 1.807) is 0 Å². The van der Waals surface area contributed by atoms with Crippen LogP contribution in [0.5, 0.6) is 0 Å². The van der Waals surface area contributed by atoms with Crippen LogP contribution in [0.2, 0.25) is 0 Å². The van der Waals surface area contributed by atoms with Gasteiger partial charge in [0.1, 0.15) is 5.76 Å². The van der Waals surface area contributed by atoms with Crippen LogP contribution in [0, 0.1) is 13.8 Å². The monoisotopic (exact) mass is 372 g/mol. The molecule has 0 saturated heterocycles. The van der Waals surface area contributed by atoms with Crippen molar-refractivity contribution in [2.24, 2.45) is 0 Å². The molecule has 27 heavy (non-hydrogen) atoms. The zero-order valence-electron chi connectivity index (χ0n) is 16.0. The highest BCUT2D eigenvalue weighted by atomic mass is 32.2. The summed E-state index contributed by atoms with van der Waals surface area (Å²) in [4.78, 5) is 2.54. The van der Waals surface area contributed by atoms with Crippen LogP contribution in [-0.4, -0.2) is 6.61 Å². The molecule has 0 saturated carbocycles. The van der Waals surface area contributed by atoms with Crippen molar-refractivity contribution >= 4 is 16.7 Å². The fourth-order valence-corrected chi connectivity index (χ4v) is 4.79. The molecule has 3 aromatic carbocycles. The second-order valence-corrected chi connectivity index (χ2v) is 8.03. The number of ether oxygens (including phenoxy) is 1. The van der Waals surface area contributed by atoms with Crippen LogP contribution in [0.1, 0.15) is 40.7 Å². The second kappa shape index (κ2) is 7.66. The minimum atomic E-state index is 0.122. The third-order valence-corrected chi connectivity index (χ3v) is 6.15. The van der Waals surface area contributed by atoms with Gasteiger partial charge >= 0.3 is 0 Å². The fourth-order valence-electron chi connectivity index (χ4n) is 3.60. The lowest BCUT2D eigenvalue weighted by atomic mass is 9.87. The van der Waals surface area contributed by atoms with Crippen LogP contribution in [0.4, 0.5) is 0 Å². The molecule has 4 rings (SSSR count). The highest BCUT2D eigenvalue weighted by Gasteiger charge is 2.32. The Morgan fingerprint density at radius 3 is 2.26 bits per heavy atom. The summed E-state index contributed by atoms with van der Waals surface area (Å²) < 4.78 is 6.30. The molecule has 0 aromatic heterocycles. The first-order valence-electron chi connectivity index (χ1n) is 9.44. The molecule has 1 atom stereocenters. The Morgan fingerprint density at radius 1 is 0.852 bits per heavy atom. The molecular formula is C25H24OS. The van der Waals surface area contributed by atoms with Crippen molar-refractivity contribution in [2.75, 3.05) is 6.61 Å². The van der Waals surface area contributed by atoms with Gasteiger partial charge in [-0.2, -0.15) is 0 Å². The average Bonchev–Trinajstić information content (AvgIpc) is 2.69. The fraction of sp³-hybridized carbons (Fsp3) is 0.200. The van der Waals surface area contributed by atoms with Gasteiger partial charge in [0, 0.05) is 4.90 Å². The van der Waals surface area contributed by atoms with Gasteiger partial charge in [-0.05, 0) is 43.5 Å². The topological polar surface area (TPSA) is 9.23 Å². The van der Waals surface area contributed by atoms with Crippen LogP contribution in [-0.2, 0) is 4.74 Å². The van der Waals surface area contributed by atoms with Gasteiger partial charge in [0.25, 0.3) is 0 Å². The van der Waals surface area contributed by atoms with E-state index in [0.29, 0.717) is 6.61 Å². The molecule has 1 aliphatic rings. The molecule has 0 fully saturated rings. The third-order valence-electron chi connectivity index (χ3n) is 4.92. The maximum atomic E-state index is 6.30. The van der Waals surface area contributed by atoms with Gasteiger partial charge in [-0.15, -0.1) is 0 Å². The summed E-state index contributed by atoms with van der Waals surface area (Å²) in [5.41, 5.74) is 6.40. The van der Waals surface area contributed by atoms with Gasteiger partial charge in [-0.3, -0.25) is 0 Å². The van der Waals surface area contributed by atoms with E-state index in [1.807, 2.05) is 11.8 Å². The Morgan fingerprint density at radius 2 is 1.56 bits per heavy atom. The number of hydrogen-bond acceptors (Lipinski definition) is 2. The minimum absolute atomic E-state index is 0.122. The van der Waals surface area contributed by atoms with Crippen molar-refractivity contribution in [3.63, 3.8) is 0 Å². The van der Waals surface area contributed by atoms with E-state index in [2.05, 4.69) is 93.6 Å². The van der Waals surface area contributed by atoms with Gasteiger partial charge in [0.05, 0.1) is 17.4 Å². The maximum absolute atomic E-state index is 6.30. The van der Waals surface area contributed by atoms with E-state index in [-0.39, 0.29) is 5.92 Å². The van der Waals surface area contributed by atoms with E-state index >= 15 is 0 Å². The molecule has 0 N–H and O–H groups in total. The van der Waals surface area contributed by atoms with Gasteiger partial charge < -0.3 is 4.74 Å². The molecule has 0 spiro atoms. The normalized spacial score (nSPS) is 16.2. The number of hydrogen-bond donors (Lipinski definition) is 0. The number of allylic oxidation sites excluding steroid dienone is 1. The molecule has 1 nitrogen and oxygen atoms in total. The molecule has 0 radical (unpaired) electrons. The lowest BCUT2D eigenvalue weighted by Gasteiger charge is -2.31. The van der Waals surface area contributed by atoms with Crippen LogP contribution in [0.3, 0.4) is 0 Å². The zero-order valence-corrected chi connectivity index (χ0v) is 16.8. The third kappa shape index (κ3) is 3.54. The highest BCUT2D eigenvalue weighted by Crippen LogP contribution is 2.51. The molecule has 3 aromatic rings. The van der Waals surface area contributed by atoms with E-state index in [4.69, 9.17) is 4.74 Å². The Bertz CT molecular complexity index is 971. The Labute approximate surface area is 166 Å². The zero-order chi connectivity index (χ0) is 18.8.